The predicted molar refractivity (Wildman–Crippen MR) is 87.4 cm³/mol. The summed E-state index contributed by atoms with van der Waals surface area (Å²) in [5, 5.41) is 18.2. The van der Waals surface area contributed by atoms with Gasteiger partial charge >= 0.3 is 5.97 Å². The van der Waals surface area contributed by atoms with Gasteiger partial charge in [0.1, 0.15) is 0 Å². The summed E-state index contributed by atoms with van der Waals surface area (Å²) >= 11 is 0. The second-order valence-corrected chi connectivity index (χ2v) is 5.51. The van der Waals surface area contributed by atoms with Crippen LogP contribution in [0.25, 0.3) is 0 Å². The largest absolute Gasteiger partial charge is 0.478 e. The highest BCUT2D eigenvalue weighted by Crippen LogP contribution is 2.28. The molecule has 1 N–H and O–H groups in total. The molecular formula is C17H19N3O4. The van der Waals surface area contributed by atoms with Crippen LogP contribution in [0.3, 0.4) is 0 Å². The molecule has 1 heterocycles. The molecule has 1 aromatic rings. The van der Waals surface area contributed by atoms with Gasteiger partial charge < -0.3 is 19.6 Å². The molecule has 0 aromatic heterocycles. The van der Waals surface area contributed by atoms with Crippen LogP contribution < -0.4 is 4.90 Å². The monoisotopic (exact) mass is 329 g/mol. The lowest BCUT2D eigenvalue weighted by Crippen LogP contribution is -2.37. The highest BCUT2D eigenvalue weighted by atomic mass is 16.5. The van der Waals surface area contributed by atoms with Crippen molar-refractivity contribution in [2.24, 2.45) is 5.92 Å². The molecule has 1 aromatic carbocycles. The lowest BCUT2D eigenvalue weighted by Gasteiger charge is -2.22. The normalized spacial score (nSPS) is 16.5. The standard InChI is InChI=1S/C17H19N3O4/c1-19(7-8-24-2)16(21)15-11-20(10-13(15)9-18)14-5-3-12(4-6-14)17(22)23/h3-6,10,15H,7-8,11H2,1-2H3,(H,22,23). The summed E-state index contributed by atoms with van der Waals surface area (Å²) in [7, 11) is 3.25. The van der Waals surface area contributed by atoms with E-state index in [9.17, 15) is 14.9 Å². The number of benzene rings is 1. The van der Waals surface area contributed by atoms with Crippen molar-refractivity contribution in [2.45, 2.75) is 0 Å². The van der Waals surface area contributed by atoms with Gasteiger partial charge in [0.25, 0.3) is 0 Å². The van der Waals surface area contributed by atoms with Crippen LogP contribution in [0.2, 0.25) is 0 Å². The summed E-state index contributed by atoms with van der Waals surface area (Å²) in [4.78, 5) is 26.8. The fourth-order valence-corrected chi connectivity index (χ4v) is 2.50. The number of ether oxygens (including phenoxy) is 1. The van der Waals surface area contributed by atoms with Crippen molar-refractivity contribution >= 4 is 17.6 Å². The molecule has 7 heteroatoms. The van der Waals surface area contributed by atoms with Crippen LogP contribution in [0.1, 0.15) is 10.4 Å². The second kappa shape index (κ2) is 7.62. The Kier molecular flexibility index (Phi) is 5.55. The summed E-state index contributed by atoms with van der Waals surface area (Å²) in [6.07, 6.45) is 1.64. The number of likely N-dealkylation sites (N-methyl/N-ethyl adjacent to an activating group) is 1. The molecule has 0 radical (unpaired) electrons. The van der Waals surface area contributed by atoms with Gasteiger partial charge in [-0.05, 0) is 24.3 Å². The third-order valence-electron chi connectivity index (χ3n) is 3.93. The van der Waals surface area contributed by atoms with Crippen LogP contribution in [-0.4, -0.2) is 55.7 Å². The van der Waals surface area contributed by atoms with Crippen LogP contribution in [0.5, 0.6) is 0 Å². The fourth-order valence-electron chi connectivity index (χ4n) is 2.50. The minimum absolute atomic E-state index is 0.135. The molecule has 0 fully saturated rings. The van der Waals surface area contributed by atoms with Crippen molar-refractivity contribution in [1.29, 1.82) is 5.26 Å². The fraction of sp³-hybridized carbons (Fsp3) is 0.353. The van der Waals surface area contributed by atoms with Crippen molar-refractivity contribution < 1.29 is 19.4 Å². The number of carboxylic acids is 1. The lowest BCUT2D eigenvalue weighted by molar-refractivity contribution is -0.132. The molecule has 0 saturated heterocycles. The third kappa shape index (κ3) is 3.73. The molecule has 1 amide bonds. The Morgan fingerprint density at radius 2 is 2.08 bits per heavy atom. The number of carboxylic acid groups (broad SMARTS) is 1. The highest BCUT2D eigenvalue weighted by molar-refractivity contribution is 5.88. The van der Waals surface area contributed by atoms with Gasteiger partial charge in [-0.3, -0.25) is 4.79 Å². The number of carbonyl (C=O) groups is 2. The average molecular weight is 329 g/mol. The number of nitriles is 1. The highest BCUT2D eigenvalue weighted by Gasteiger charge is 2.33. The Hall–Kier alpha value is -2.85. The van der Waals surface area contributed by atoms with Crippen molar-refractivity contribution in [3.8, 4) is 6.07 Å². The maximum absolute atomic E-state index is 12.5. The topological polar surface area (TPSA) is 93.9 Å². The smallest absolute Gasteiger partial charge is 0.335 e. The van der Waals surface area contributed by atoms with E-state index in [1.807, 2.05) is 0 Å². The minimum Gasteiger partial charge on any atom is -0.478 e. The first kappa shape index (κ1) is 17.5. The minimum atomic E-state index is -0.996. The number of aromatic carboxylic acids is 1. The molecule has 24 heavy (non-hydrogen) atoms. The zero-order valence-electron chi connectivity index (χ0n) is 13.6. The van der Waals surface area contributed by atoms with Gasteiger partial charge in [0, 0.05) is 39.1 Å². The van der Waals surface area contributed by atoms with E-state index in [1.54, 1.807) is 42.3 Å². The summed E-state index contributed by atoms with van der Waals surface area (Å²) in [6.45, 7) is 1.24. The predicted octanol–water partition coefficient (Wildman–Crippen LogP) is 1.33. The van der Waals surface area contributed by atoms with Gasteiger partial charge in [-0.15, -0.1) is 0 Å². The molecule has 1 unspecified atom stereocenters. The van der Waals surface area contributed by atoms with E-state index in [-0.39, 0.29) is 11.5 Å². The Balaban J connectivity index is 2.13. The van der Waals surface area contributed by atoms with Crippen LogP contribution in [0.4, 0.5) is 5.69 Å². The van der Waals surface area contributed by atoms with E-state index < -0.39 is 11.9 Å². The molecule has 1 aliphatic rings. The van der Waals surface area contributed by atoms with Crippen molar-refractivity contribution in [2.75, 3.05) is 38.8 Å². The maximum atomic E-state index is 12.5. The summed E-state index contributed by atoms with van der Waals surface area (Å²) in [5.41, 5.74) is 1.32. The number of methoxy groups -OCH3 is 1. The van der Waals surface area contributed by atoms with Gasteiger partial charge in [0.2, 0.25) is 5.91 Å². The van der Waals surface area contributed by atoms with Crippen molar-refractivity contribution in [3.05, 3.63) is 41.6 Å². The van der Waals surface area contributed by atoms with Gasteiger partial charge in [0.05, 0.1) is 29.7 Å². The first-order valence-electron chi connectivity index (χ1n) is 7.43. The molecule has 7 nitrogen and oxygen atoms in total. The Morgan fingerprint density at radius 1 is 1.42 bits per heavy atom. The second-order valence-electron chi connectivity index (χ2n) is 5.51. The lowest BCUT2D eigenvalue weighted by atomic mass is 10.0. The van der Waals surface area contributed by atoms with Gasteiger partial charge in [-0.1, -0.05) is 0 Å². The molecule has 1 aliphatic heterocycles. The third-order valence-corrected chi connectivity index (χ3v) is 3.93. The Morgan fingerprint density at radius 3 is 2.62 bits per heavy atom. The Labute approximate surface area is 140 Å². The first-order valence-corrected chi connectivity index (χ1v) is 7.43. The number of nitrogens with zero attached hydrogens (tertiary/aromatic N) is 3. The van der Waals surface area contributed by atoms with E-state index in [2.05, 4.69) is 6.07 Å². The molecular weight excluding hydrogens is 310 g/mol. The number of rotatable bonds is 6. The number of anilines is 1. The molecule has 1 atom stereocenters. The van der Waals surface area contributed by atoms with E-state index in [1.165, 1.54) is 12.1 Å². The van der Waals surface area contributed by atoms with Crippen LogP contribution in [-0.2, 0) is 9.53 Å². The zero-order chi connectivity index (χ0) is 17.7. The van der Waals surface area contributed by atoms with E-state index in [0.29, 0.717) is 25.3 Å². The number of carbonyl (C=O) groups excluding carboxylic acids is 1. The number of amides is 1. The van der Waals surface area contributed by atoms with Crippen LogP contribution in [0.15, 0.2) is 36.0 Å². The first-order chi connectivity index (χ1) is 11.5. The van der Waals surface area contributed by atoms with Gasteiger partial charge in [-0.25, -0.2) is 4.79 Å². The maximum Gasteiger partial charge on any atom is 0.335 e. The van der Waals surface area contributed by atoms with Crippen LogP contribution in [0, 0.1) is 17.2 Å². The molecule has 126 valence electrons. The zero-order valence-corrected chi connectivity index (χ0v) is 13.6. The summed E-state index contributed by atoms with van der Waals surface area (Å²) < 4.78 is 4.97. The van der Waals surface area contributed by atoms with E-state index in [4.69, 9.17) is 9.84 Å². The van der Waals surface area contributed by atoms with Crippen molar-refractivity contribution in [3.63, 3.8) is 0 Å². The molecule has 0 bridgehead atoms. The number of hydrogen-bond donors (Lipinski definition) is 1. The SMILES string of the molecule is COCCN(C)C(=O)C1CN(c2ccc(C(=O)O)cc2)C=C1C#N. The summed E-state index contributed by atoms with van der Waals surface area (Å²) in [5.74, 6) is -1.66. The number of hydrogen-bond acceptors (Lipinski definition) is 5. The van der Waals surface area contributed by atoms with Crippen molar-refractivity contribution in [1.82, 2.24) is 4.90 Å². The van der Waals surface area contributed by atoms with Gasteiger partial charge in [0.15, 0.2) is 0 Å². The Bertz CT molecular complexity index is 691. The van der Waals surface area contributed by atoms with E-state index >= 15 is 0 Å². The molecule has 0 spiro atoms. The molecule has 2 rings (SSSR count). The van der Waals surface area contributed by atoms with Gasteiger partial charge in [-0.2, -0.15) is 5.26 Å². The average Bonchev–Trinajstić information content (AvgIpc) is 3.03. The van der Waals surface area contributed by atoms with E-state index in [0.717, 1.165) is 5.69 Å². The summed E-state index contributed by atoms with van der Waals surface area (Å²) in [6, 6.07) is 8.40. The molecule has 0 aliphatic carbocycles. The molecule has 0 saturated carbocycles. The quantitative estimate of drug-likeness (QED) is 0.846. The van der Waals surface area contributed by atoms with Crippen LogP contribution >= 0.6 is 0 Å².